The summed E-state index contributed by atoms with van der Waals surface area (Å²) in [6.07, 6.45) is -2.34. The lowest BCUT2D eigenvalue weighted by molar-refractivity contribution is -0.145. The molecule has 2 N–H and O–H groups in total. The first kappa shape index (κ1) is 16.5. The highest BCUT2D eigenvalue weighted by molar-refractivity contribution is 5.69. The van der Waals surface area contributed by atoms with Crippen molar-refractivity contribution in [1.29, 1.82) is 0 Å². The van der Waals surface area contributed by atoms with Crippen molar-refractivity contribution in [3.05, 3.63) is 30.3 Å². The normalized spacial score (nSPS) is 15.2. The largest absolute Gasteiger partial charge is 0.488 e. The Morgan fingerprint density at radius 2 is 1.90 bits per heavy atom. The molecule has 0 amide bonds. The number of benzene rings is 1. The van der Waals surface area contributed by atoms with Crippen LogP contribution in [0.4, 0.5) is 0 Å². The predicted octanol–water partition coefficient (Wildman–Crippen LogP) is 1.52. The molecular formula is C15H22O5. The van der Waals surface area contributed by atoms with E-state index in [1.54, 1.807) is 26.0 Å². The van der Waals surface area contributed by atoms with Crippen LogP contribution >= 0.6 is 0 Å². The molecule has 0 spiro atoms. The maximum atomic E-state index is 11.2. The van der Waals surface area contributed by atoms with Gasteiger partial charge in [0, 0.05) is 6.42 Å². The summed E-state index contributed by atoms with van der Waals surface area (Å²) < 4.78 is 10.3. The van der Waals surface area contributed by atoms with Crippen LogP contribution in [0.3, 0.4) is 0 Å². The molecule has 3 unspecified atom stereocenters. The number of aliphatic hydroxyl groups excluding tert-OH is 2. The van der Waals surface area contributed by atoms with Crippen molar-refractivity contribution in [2.75, 3.05) is 6.61 Å². The van der Waals surface area contributed by atoms with Gasteiger partial charge < -0.3 is 19.7 Å². The summed E-state index contributed by atoms with van der Waals surface area (Å²) in [7, 11) is 0. The smallest absolute Gasteiger partial charge is 0.308 e. The topological polar surface area (TPSA) is 76.0 Å². The molecule has 0 saturated carbocycles. The summed E-state index contributed by atoms with van der Waals surface area (Å²) in [4.78, 5) is 11.2. The van der Waals surface area contributed by atoms with Crippen LogP contribution in [0, 0.1) is 0 Å². The summed E-state index contributed by atoms with van der Waals surface area (Å²) in [5.74, 6) is 0.183. The maximum Gasteiger partial charge on any atom is 0.308 e. The number of rotatable bonds is 8. The molecule has 0 fully saturated rings. The van der Waals surface area contributed by atoms with E-state index in [1.165, 1.54) is 0 Å². The van der Waals surface area contributed by atoms with Gasteiger partial charge in [0.05, 0.1) is 25.2 Å². The average Bonchev–Trinajstić information content (AvgIpc) is 2.39. The van der Waals surface area contributed by atoms with Crippen LogP contribution in [0.25, 0.3) is 0 Å². The zero-order chi connectivity index (χ0) is 15.0. The van der Waals surface area contributed by atoms with Crippen molar-refractivity contribution in [1.82, 2.24) is 0 Å². The zero-order valence-electron chi connectivity index (χ0n) is 11.9. The van der Waals surface area contributed by atoms with Gasteiger partial charge in [-0.15, -0.1) is 0 Å². The molecule has 0 heterocycles. The third-order valence-electron chi connectivity index (χ3n) is 2.83. The summed E-state index contributed by atoms with van der Waals surface area (Å²) in [5, 5.41) is 19.7. The second kappa shape index (κ2) is 8.55. The van der Waals surface area contributed by atoms with Gasteiger partial charge in [0.2, 0.25) is 0 Å². The highest BCUT2D eigenvalue weighted by Gasteiger charge is 2.22. The summed E-state index contributed by atoms with van der Waals surface area (Å²) in [6.45, 7) is 3.70. The van der Waals surface area contributed by atoms with Crippen molar-refractivity contribution >= 4 is 5.97 Å². The molecule has 0 aliphatic heterocycles. The monoisotopic (exact) mass is 282 g/mol. The molecule has 5 nitrogen and oxygen atoms in total. The fraction of sp³-hybridized carbons (Fsp3) is 0.533. The molecule has 20 heavy (non-hydrogen) atoms. The maximum absolute atomic E-state index is 11.2. The van der Waals surface area contributed by atoms with Crippen LogP contribution in [0.5, 0.6) is 5.75 Å². The first-order valence-corrected chi connectivity index (χ1v) is 6.76. The van der Waals surface area contributed by atoms with Crippen LogP contribution in [0.2, 0.25) is 0 Å². The van der Waals surface area contributed by atoms with Crippen LogP contribution in [-0.2, 0) is 9.53 Å². The molecule has 5 heteroatoms. The van der Waals surface area contributed by atoms with E-state index in [9.17, 15) is 15.0 Å². The molecule has 0 bridgehead atoms. The number of aliphatic hydroxyl groups is 2. The lowest BCUT2D eigenvalue weighted by atomic mass is 10.1. The Morgan fingerprint density at radius 3 is 2.50 bits per heavy atom. The number of carbonyl (C=O) groups is 1. The lowest BCUT2D eigenvalue weighted by Crippen LogP contribution is -2.33. The van der Waals surface area contributed by atoms with Crippen LogP contribution < -0.4 is 4.74 Å². The van der Waals surface area contributed by atoms with E-state index < -0.39 is 24.3 Å². The molecule has 1 aromatic rings. The second-order valence-corrected chi connectivity index (χ2v) is 4.60. The van der Waals surface area contributed by atoms with Gasteiger partial charge in [-0.05, 0) is 26.0 Å². The van der Waals surface area contributed by atoms with Gasteiger partial charge in [-0.2, -0.15) is 0 Å². The predicted molar refractivity (Wildman–Crippen MR) is 74.4 cm³/mol. The Bertz CT molecular complexity index is 393. The van der Waals surface area contributed by atoms with Crippen molar-refractivity contribution in [3.8, 4) is 5.75 Å². The minimum atomic E-state index is -0.939. The van der Waals surface area contributed by atoms with Gasteiger partial charge >= 0.3 is 5.97 Å². The number of hydrogen-bond acceptors (Lipinski definition) is 5. The molecule has 0 radical (unpaired) electrons. The first-order chi connectivity index (χ1) is 9.52. The average molecular weight is 282 g/mol. The zero-order valence-corrected chi connectivity index (χ0v) is 11.9. The van der Waals surface area contributed by atoms with Crippen LogP contribution in [-0.4, -0.2) is 41.1 Å². The number of carbonyl (C=O) groups excluding carboxylic acids is 1. The molecule has 0 aliphatic carbocycles. The van der Waals surface area contributed by atoms with Crippen molar-refractivity contribution in [3.63, 3.8) is 0 Å². The fourth-order valence-electron chi connectivity index (χ4n) is 1.76. The minimum Gasteiger partial charge on any atom is -0.488 e. The first-order valence-electron chi connectivity index (χ1n) is 6.76. The summed E-state index contributed by atoms with van der Waals surface area (Å²) in [6, 6.07) is 9.13. The molecule has 0 aromatic heterocycles. The molecule has 3 atom stereocenters. The van der Waals surface area contributed by atoms with Crippen LogP contribution in [0.1, 0.15) is 26.7 Å². The summed E-state index contributed by atoms with van der Waals surface area (Å²) >= 11 is 0. The van der Waals surface area contributed by atoms with Crippen molar-refractivity contribution in [2.45, 2.75) is 45.0 Å². The Labute approximate surface area is 119 Å². The van der Waals surface area contributed by atoms with Crippen molar-refractivity contribution < 1.29 is 24.5 Å². The molecule has 112 valence electrons. The van der Waals surface area contributed by atoms with E-state index in [2.05, 4.69) is 0 Å². The van der Waals surface area contributed by atoms with Crippen molar-refractivity contribution in [2.24, 2.45) is 0 Å². The SMILES string of the molecule is CCOC(=O)CC(O)CC(O)C(C)Oc1ccccc1. The van der Waals surface area contributed by atoms with Gasteiger partial charge in [0.1, 0.15) is 11.9 Å². The van der Waals surface area contributed by atoms with E-state index in [1.807, 2.05) is 18.2 Å². The van der Waals surface area contributed by atoms with E-state index in [0.717, 1.165) is 0 Å². The van der Waals surface area contributed by atoms with Gasteiger partial charge in [-0.3, -0.25) is 4.79 Å². The standard InChI is InChI=1S/C15H22O5/c1-3-19-15(18)10-12(16)9-14(17)11(2)20-13-7-5-4-6-8-13/h4-8,11-12,14,16-17H,3,9-10H2,1-2H3. The lowest BCUT2D eigenvalue weighted by Gasteiger charge is -2.22. The van der Waals surface area contributed by atoms with E-state index >= 15 is 0 Å². The summed E-state index contributed by atoms with van der Waals surface area (Å²) in [5.41, 5.74) is 0. The molecule has 1 rings (SSSR count). The molecule has 0 aliphatic rings. The fourth-order valence-corrected chi connectivity index (χ4v) is 1.76. The number of esters is 1. The quantitative estimate of drug-likeness (QED) is 0.707. The van der Waals surface area contributed by atoms with Gasteiger partial charge in [-0.25, -0.2) is 0 Å². The Balaban J connectivity index is 2.37. The van der Waals surface area contributed by atoms with Crippen LogP contribution in [0.15, 0.2) is 30.3 Å². The second-order valence-electron chi connectivity index (χ2n) is 4.60. The Kier molecular flexibility index (Phi) is 7.04. The van der Waals surface area contributed by atoms with E-state index in [4.69, 9.17) is 9.47 Å². The molecule has 0 saturated heterocycles. The highest BCUT2D eigenvalue weighted by Crippen LogP contribution is 2.15. The van der Waals surface area contributed by atoms with Gasteiger partial charge in [0.15, 0.2) is 0 Å². The van der Waals surface area contributed by atoms with Gasteiger partial charge in [-0.1, -0.05) is 18.2 Å². The third kappa shape index (κ3) is 6.04. The Hall–Kier alpha value is -1.59. The number of para-hydroxylation sites is 1. The molecular weight excluding hydrogens is 260 g/mol. The van der Waals surface area contributed by atoms with E-state index in [0.29, 0.717) is 5.75 Å². The molecule has 1 aromatic carbocycles. The van der Waals surface area contributed by atoms with Gasteiger partial charge in [0.25, 0.3) is 0 Å². The Morgan fingerprint density at radius 1 is 1.25 bits per heavy atom. The minimum absolute atomic E-state index is 0.0623. The highest BCUT2D eigenvalue weighted by atomic mass is 16.5. The number of hydrogen-bond donors (Lipinski definition) is 2. The number of ether oxygens (including phenoxy) is 2. The van der Waals surface area contributed by atoms with E-state index in [-0.39, 0.29) is 19.4 Å². The third-order valence-corrected chi connectivity index (χ3v) is 2.83.